The van der Waals surface area contributed by atoms with Gasteiger partial charge in [-0.25, -0.2) is 4.79 Å². The number of aromatic nitrogens is 2. The number of hydrogen-bond donors (Lipinski definition) is 0. The summed E-state index contributed by atoms with van der Waals surface area (Å²) in [5.74, 6) is 0.895. The maximum atomic E-state index is 12.2. The zero-order chi connectivity index (χ0) is 21.5. The Kier molecular flexibility index (Phi) is 6.60. The Morgan fingerprint density at radius 3 is 2.47 bits per heavy atom. The average molecular weight is 403 g/mol. The molecule has 0 aliphatic rings. The molecule has 0 saturated heterocycles. The van der Waals surface area contributed by atoms with E-state index in [1.807, 2.05) is 30.3 Å². The van der Waals surface area contributed by atoms with Gasteiger partial charge in [0, 0.05) is 5.56 Å². The predicted octanol–water partition coefficient (Wildman–Crippen LogP) is 4.52. The Balaban J connectivity index is 1.63. The number of esters is 1. The quantitative estimate of drug-likeness (QED) is 0.325. The second-order valence-corrected chi connectivity index (χ2v) is 6.81. The Morgan fingerprint density at radius 1 is 1.17 bits per heavy atom. The van der Waals surface area contributed by atoms with Crippen molar-refractivity contribution < 1.29 is 18.8 Å². The molecule has 0 N–H and O–H groups in total. The van der Waals surface area contributed by atoms with Crippen LogP contribution in [-0.4, -0.2) is 23.2 Å². The fourth-order valence-electron chi connectivity index (χ4n) is 2.66. The number of carbonyl (C=O) groups is 1. The van der Waals surface area contributed by atoms with Crippen molar-refractivity contribution in [2.45, 2.75) is 26.4 Å². The van der Waals surface area contributed by atoms with Gasteiger partial charge in [-0.15, -0.1) is 0 Å². The lowest BCUT2D eigenvalue weighted by Crippen LogP contribution is -2.07. The van der Waals surface area contributed by atoms with Crippen LogP contribution in [0.2, 0.25) is 0 Å². The third-order valence-corrected chi connectivity index (χ3v) is 4.40. The SMILES string of the molecule is COc1ccc(/C=C(\C#N)C(=O)OCc2nc(-c3ccc(C(C)C)cc3)no2)cc1. The first-order valence-electron chi connectivity index (χ1n) is 9.36. The van der Waals surface area contributed by atoms with E-state index in [-0.39, 0.29) is 18.1 Å². The van der Waals surface area contributed by atoms with Crippen molar-refractivity contribution >= 4 is 12.0 Å². The van der Waals surface area contributed by atoms with Crippen LogP contribution >= 0.6 is 0 Å². The second kappa shape index (κ2) is 9.52. The van der Waals surface area contributed by atoms with E-state index < -0.39 is 5.97 Å². The van der Waals surface area contributed by atoms with Gasteiger partial charge in [0.1, 0.15) is 17.4 Å². The van der Waals surface area contributed by atoms with Gasteiger partial charge in [0.15, 0.2) is 6.61 Å². The minimum Gasteiger partial charge on any atom is -0.497 e. The highest BCUT2D eigenvalue weighted by atomic mass is 16.6. The molecular formula is C23H21N3O4. The van der Waals surface area contributed by atoms with Gasteiger partial charge in [0.25, 0.3) is 5.89 Å². The fraction of sp³-hybridized carbons (Fsp3) is 0.217. The molecule has 0 fully saturated rings. The molecule has 3 aromatic rings. The highest BCUT2D eigenvalue weighted by Crippen LogP contribution is 2.21. The standard InChI is InChI=1S/C23H21N3O4/c1-15(2)17-6-8-18(9-7-17)22-25-21(30-26-22)14-29-23(27)19(13-24)12-16-4-10-20(28-3)11-5-16/h4-12,15H,14H2,1-3H3/b19-12+. The first kappa shape index (κ1) is 20.8. The van der Waals surface area contributed by atoms with Crippen LogP contribution in [0.3, 0.4) is 0 Å². The highest BCUT2D eigenvalue weighted by Gasteiger charge is 2.15. The zero-order valence-electron chi connectivity index (χ0n) is 17.0. The minimum absolute atomic E-state index is 0.135. The molecule has 0 amide bonds. The summed E-state index contributed by atoms with van der Waals surface area (Å²) in [4.78, 5) is 16.5. The lowest BCUT2D eigenvalue weighted by Gasteiger charge is -2.04. The third-order valence-electron chi connectivity index (χ3n) is 4.40. The second-order valence-electron chi connectivity index (χ2n) is 6.81. The zero-order valence-corrected chi connectivity index (χ0v) is 17.0. The average Bonchev–Trinajstić information content (AvgIpc) is 3.25. The van der Waals surface area contributed by atoms with E-state index in [0.717, 1.165) is 5.56 Å². The van der Waals surface area contributed by atoms with Crippen molar-refractivity contribution in [3.63, 3.8) is 0 Å². The van der Waals surface area contributed by atoms with Crippen molar-refractivity contribution in [3.8, 4) is 23.2 Å². The van der Waals surface area contributed by atoms with Crippen molar-refractivity contribution in [2.24, 2.45) is 0 Å². The number of hydrogen-bond acceptors (Lipinski definition) is 7. The summed E-state index contributed by atoms with van der Waals surface area (Å²) in [5, 5.41) is 13.2. The fourth-order valence-corrected chi connectivity index (χ4v) is 2.66. The monoisotopic (exact) mass is 403 g/mol. The van der Waals surface area contributed by atoms with Crippen LogP contribution in [0.5, 0.6) is 5.75 Å². The highest BCUT2D eigenvalue weighted by molar-refractivity contribution is 5.97. The number of benzene rings is 2. The number of nitrogens with zero attached hydrogens (tertiary/aromatic N) is 3. The van der Waals surface area contributed by atoms with E-state index in [9.17, 15) is 10.1 Å². The van der Waals surface area contributed by atoms with Gasteiger partial charge in [-0.2, -0.15) is 10.2 Å². The molecule has 0 aliphatic heterocycles. The van der Waals surface area contributed by atoms with Gasteiger partial charge in [-0.1, -0.05) is 55.4 Å². The molecule has 30 heavy (non-hydrogen) atoms. The van der Waals surface area contributed by atoms with Crippen LogP contribution in [0.25, 0.3) is 17.5 Å². The minimum atomic E-state index is -0.769. The van der Waals surface area contributed by atoms with E-state index in [1.165, 1.54) is 11.6 Å². The molecular weight excluding hydrogens is 382 g/mol. The van der Waals surface area contributed by atoms with Crippen molar-refractivity contribution in [1.82, 2.24) is 10.1 Å². The molecule has 0 saturated carbocycles. The normalized spacial score (nSPS) is 11.2. The van der Waals surface area contributed by atoms with Crippen LogP contribution < -0.4 is 4.74 Å². The van der Waals surface area contributed by atoms with Crippen LogP contribution in [0.15, 0.2) is 58.6 Å². The van der Waals surface area contributed by atoms with Crippen LogP contribution in [0, 0.1) is 11.3 Å². The summed E-state index contributed by atoms with van der Waals surface area (Å²) in [5.41, 5.74) is 2.56. The van der Waals surface area contributed by atoms with Gasteiger partial charge >= 0.3 is 5.97 Å². The van der Waals surface area contributed by atoms with Crippen LogP contribution in [0.4, 0.5) is 0 Å². The van der Waals surface area contributed by atoms with Crippen molar-refractivity contribution in [2.75, 3.05) is 7.11 Å². The molecule has 3 rings (SSSR count). The topological polar surface area (TPSA) is 98.2 Å². The Hall–Kier alpha value is -3.92. The van der Waals surface area contributed by atoms with E-state index in [4.69, 9.17) is 14.0 Å². The number of nitriles is 1. The van der Waals surface area contributed by atoms with Crippen molar-refractivity contribution in [1.29, 1.82) is 5.26 Å². The molecule has 0 spiro atoms. The summed E-state index contributed by atoms with van der Waals surface area (Å²) >= 11 is 0. The Labute approximate surface area is 174 Å². The van der Waals surface area contributed by atoms with Gasteiger partial charge < -0.3 is 14.0 Å². The molecule has 0 unspecified atom stereocenters. The maximum absolute atomic E-state index is 12.2. The van der Waals surface area contributed by atoms with Crippen molar-refractivity contribution in [3.05, 3.63) is 71.1 Å². The Bertz CT molecular complexity index is 1070. The molecule has 0 bridgehead atoms. The molecule has 7 nitrogen and oxygen atoms in total. The van der Waals surface area contributed by atoms with E-state index in [1.54, 1.807) is 31.4 Å². The van der Waals surface area contributed by atoms with Gasteiger partial charge in [0.2, 0.25) is 5.82 Å². The number of ether oxygens (including phenoxy) is 2. The van der Waals surface area contributed by atoms with E-state index >= 15 is 0 Å². The third kappa shape index (κ3) is 5.11. The lowest BCUT2D eigenvalue weighted by atomic mass is 10.0. The molecule has 7 heteroatoms. The summed E-state index contributed by atoms with van der Waals surface area (Å²) in [6.07, 6.45) is 1.44. The lowest BCUT2D eigenvalue weighted by molar-refractivity contribution is -0.140. The summed E-state index contributed by atoms with van der Waals surface area (Å²) in [6.45, 7) is 4.01. The Morgan fingerprint density at radius 2 is 1.87 bits per heavy atom. The maximum Gasteiger partial charge on any atom is 0.349 e. The van der Waals surface area contributed by atoms with E-state index in [2.05, 4.69) is 24.0 Å². The summed E-state index contributed by atoms with van der Waals surface area (Å²) in [6, 6.07) is 16.7. The van der Waals surface area contributed by atoms with Gasteiger partial charge in [-0.05, 0) is 35.3 Å². The van der Waals surface area contributed by atoms with Gasteiger partial charge in [0.05, 0.1) is 7.11 Å². The summed E-state index contributed by atoms with van der Waals surface area (Å²) in [7, 11) is 1.56. The molecule has 0 atom stereocenters. The van der Waals surface area contributed by atoms with E-state index in [0.29, 0.717) is 23.1 Å². The molecule has 1 aromatic heterocycles. The van der Waals surface area contributed by atoms with Crippen LogP contribution in [0.1, 0.15) is 36.8 Å². The molecule has 152 valence electrons. The first-order chi connectivity index (χ1) is 14.5. The number of carbonyl (C=O) groups excluding carboxylic acids is 1. The molecule has 2 aromatic carbocycles. The predicted molar refractivity (Wildman–Crippen MR) is 110 cm³/mol. The first-order valence-corrected chi connectivity index (χ1v) is 9.36. The van der Waals surface area contributed by atoms with Crippen LogP contribution in [-0.2, 0) is 16.1 Å². The molecule has 1 heterocycles. The summed E-state index contributed by atoms with van der Waals surface area (Å²) < 4.78 is 15.4. The smallest absolute Gasteiger partial charge is 0.349 e. The number of methoxy groups -OCH3 is 1. The van der Waals surface area contributed by atoms with Gasteiger partial charge in [-0.3, -0.25) is 0 Å². The largest absolute Gasteiger partial charge is 0.497 e. The molecule has 0 radical (unpaired) electrons. The molecule has 0 aliphatic carbocycles. The number of rotatable bonds is 7.